The van der Waals surface area contributed by atoms with E-state index in [-0.39, 0.29) is 6.42 Å². The van der Waals surface area contributed by atoms with Gasteiger partial charge in [-0.15, -0.1) is 11.3 Å². The molecule has 26 heavy (non-hydrogen) atoms. The molecule has 8 nitrogen and oxygen atoms in total. The summed E-state index contributed by atoms with van der Waals surface area (Å²) < 4.78 is 4.98. The lowest BCUT2D eigenvalue weighted by molar-refractivity contribution is -0.130. The van der Waals surface area contributed by atoms with Crippen LogP contribution < -0.4 is 10.9 Å². The van der Waals surface area contributed by atoms with Gasteiger partial charge in [0.15, 0.2) is 6.61 Å². The lowest BCUT2D eigenvalue weighted by Crippen LogP contribution is -2.44. The van der Waals surface area contributed by atoms with Gasteiger partial charge >= 0.3 is 5.97 Å². The van der Waals surface area contributed by atoms with Crippen LogP contribution in [0.4, 0.5) is 0 Å². The molecule has 0 radical (unpaired) electrons. The number of fused-ring (bicyclic) bond motifs is 1. The molecule has 0 aliphatic heterocycles. The summed E-state index contributed by atoms with van der Waals surface area (Å²) in [6, 6.07) is 7.26. The Labute approximate surface area is 152 Å². The summed E-state index contributed by atoms with van der Waals surface area (Å²) >= 11 is 1.37. The number of aromatic nitrogens is 2. The number of hydrogen-bond acceptors (Lipinski definition) is 6. The molecular weight excluding hydrogens is 356 g/mol. The summed E-state index contributed by atoms with van der Waals surface area (Å²) in [4.78, 5) is 42.7. The average molecular weight is 372 g/mol. The Morgan fingerprint density at radius 2 is 1.96 bits per heavy atom. The monoisotopic (exact) mass is 372 g/mol. The molecule has 0 saturated carbocycles. The highest BCUT2D eigenvalue weighted by Gasteiger charge is 2.15. The first-order chi connectivity index (χ1) is 12.5. The zero-order valence-corrected chi connectivity index (χ0v) is 14.7. The number of nitrogens with one attached hydrogen (secondary N) is 3. The van der Waals surface area contributed by atoms with Crippen LogP contribution in [0.3, 0.4) is 0 Å². The van der Waals surface area contributed by atoms with Gasteiger partial charge in [0, 0.05) is 28.2 Å². The maximum absolute atomic E-state index is 12.1. The van der Waals surface area contributed by atoms with Gasteiger partial charge in [-0.25, -0.2) is 9.78 Å². The summed E-state index contributed by atoms with van der Waals surface area (Å²) in [7, 11) is 0. The number of ether oxygens (including phenoxy) is 1. The van der Waals surface area contributed by atoms with E-state index in [1.54, 1.807) is 12.1 Å². The largest absolute Gasteiger partial charge is 0.452 e. The van der Waals surface area contributed by atoms with Crippen LogP contribution >= 0.6 is 11.3 Å². The van der Waals surface area contributed by atoms with Gasteiger partial charge in [-0.3, -0.25) is 20.4 Å². The van der Waals surface area contributed by atoms with Crippen LogP contribution in [-0.4, -0.2) is 34.4 Å². The number of aryl methyl sites for hydroxylation is 1. The number of nitrogens with zero attached hydrogens (tertiary/aromatic N) is 1. The van der Waals surface area contributed by atoms with Crippen molar-refractivity contribution in [2.24, 2.45) is 0 Å². The first-order valence-corrected chi connectivity index (χ1v) is 8.63. The molecule has 9 heteroatoms. The fraction of sp³-hybridized carbons (Fsp3) is 0.176. The second-order valence-electron chi connectivity index (χ2n) is 5.48. The minimum atomic E-state index is -0.637. The molecule has 2 heterocycles. The number of benzene rings is 1. The Balaban J connectivity index is 1.45. The maximum atomic E-state index is 12.1. The Morgan fingerprint density at radius 1 is 1.19 bits per heavy atom. The molecule has 1 aromatic carbocycles. The molecule has 0 aliphatic rings. The van der Waals surface area contributed by atoms with E-state index in [1.807, 2.05) is 24.4 Å². The third-order valence-corrected chi connectivity index (χ3v) is 4.43. The van der Waals surface area contributed by atoms with Crippen LogP contribution in [0, 0.1) is 6.92 Å². The Bertz CT molecular complexity index is 962. The smallest absolute Gasteiger partial charge is 0.340 e. The number of hydrazine groups is 1. The predicted molar refractivity (Wildman–Crippen MR) is 95.4 cm³/mol. The molecule has 0 aliphatic carbocycles. The molecule has 3 rings (SSSR count). The maximum Gasteiger partial charge on any atom is 0.340 e. The lowest BCUT2D eigenvalue weighted by Gasteiger charge is -2.07. The SMILES string of the molecule is Cc1csc(CC(=O)NNC(=O)COC(=O)c2c[nH]c3ccccc23)n1. The van der Waals surface area contributed by atoms with Crippen LogP contribution in [-0.2, 0) is 20.7 Å². The molecular formula is C17H16N4O4S. The zero-order chi connectivity index (χ0) is 18.5. The van der Waals surface area contributed by atoms with Gasteiger partial charge in [0.25, 0.3) is 5.91 Å². The summed E-state index contributed by atoms with van der Waals surface area (Å²) in [6.45, 7) is 1.33. The summed E-state index contributed by atoms with van der Waals surface area (Å²) in [5.41, 5.74) is 6.44. The highest BCUT2D eigenvalue weighted by Crippen LogP contribution is 2.18. The zero-order valence-electron chi connectivity index (χ0n) is 13.9. The van der Waals surface area contributed by atoms with Crippen molar-refractivity contribution in [3.05, 3.63) is 52.1 Å². The molecule has 0 saturated heterocycles. The van der Waals surface area contributed by atoms with Crippen LogP contribution in [0.5, 0.6) is 0 Å². The number of hydrogen-bond donors (Lipinski definition) is 3. The first kappa shape index (κ1) is 17.6. The molecule has 0 unspecified atom stereocenters. The van der Waals surface area contributed by atoms with E-state index in [4.69, 9.17) is 4.74 Å². The molecule has 0 bridgehead atoms. The van der Waals surface area contributed by atoms with Gasteiger partial charge in [-0.05, 0) is 13.0 Å². The van der Waals surface area contributed by atoms with E-state index in [9.17, 15) is 14.4 Å². The number of carbonyl (C=O) groups excluding carboxylic acids is 3. The first-order valence-electron chi connectivity index (χ1n) is 7.75. The summed E-state index contributed by atoms with van der Waals surface area (Å²) in [6.07, 6.45) is 1.59. The van der Waals surface area contributed by atoms with Gasteiger partial charge < -0.3 is 9.72 Å². The van der Waals surface area contributed by atoms with E-state index in [1.165, 1.54) is 17.5 Å². The van der Waals surface area contributed by atoms with E-state index < -0.39 is 24.4 Å². The molecule has 0 fully saturated rings. The molecule has 134 valence electrons. The van der Waals surface area contributed by atoms with Crippen molar-refractivity contribution in [1.82, 2.24) is 20.8 Å². The quantitative estimate of drug-likeness (QED) is 0.464. The van der Waals surface area contributed by atoms with Gasteiger partial charge in [0.1, 0.15) is 5.01 Å². The van der Waals surface area contributed by atoms with Crippen molar-refractivity contribution in [3.63, 3.8) is 0 Å². The summed E-state index contributed by atoms with van der Waals surface area (Å²) in [5, 5.41) is 3.20. The van der Waals surface area contributed by atoms with Crippen molar-refractivity contribution in [2.45, 2.75) is 13.3 Å². The number of aromatic amines is 1. The topological polar surface area (TPSA) is 113 Å². The normalized spacial score (nSPS) is 10.5. The van der Waals surface area contributed by atoms with Crippen molar-refractivity contribution >= 4 is 40.0 Å². The second-order valence-corrected chi connectivity index (χ2v) is 6.42. The van der Waals surface area contributed by atoms with Crippen LogP contribution in [0.15, 0.2) is 35.8 Å². The average Bonchev–Trinajstić information content (AvgIpc) is 3.24. The van der Waals surface area contributed by atoms with Crippen LogP contribution in [0.25, 0.3) is 10.9 Å². The Kier molecular flexibility index (Phi) is 5.28. The minimum Gasteiger partial charge on any atom is -0.452 e. The summed E-state index contributed by atoms with van der Waals surface area (Å²) in [5.74, 6) is -1.67. The molecule has 3 aromatic rings. The second kappa shape index (κ2) is 7.79. The van der Waals surface area contributed by atoms with Gasteiger partial charge in [-0.2, -0.15) is 0 Å². The predicted octanol–water partition coefficient (Wildman–Crippen LogP) is 1.48. The molecule has 2 aromatic heterocycles. The van der Waals surface area contributed by atoms with E-state index in [0.29, 0.717) is 16.0 Å². The molecule has 0 atom stereocenters. The van der Waals surface area contributed by atoms with Crippen LogP contribution in [0.2, 0.25) is 0 Å². The van der Waals surface area contributed by atoms with E-state index in [2.05, 4.69) is 20.8 Å². The minimum absolute atomic E-state index is 0.0634. The standard InChI is InChI=1S/C17H16N4O4S/c1-10-9-26-16(19-10)6-14(22)20-21-15(23)8-25-17(24)12-7-18-13-5-3-2-4-11(12)13/h2-5,7,9,18H,6,8H2,1H3,(H,20,22)(H,21,23). The number of rotatable bonds is 5. The van der Waals surface area contributed by atoms with Crippen molar-refractivity contribution in [2.75, 3.05) is 6.61 Å². The number of H-pyrrole nitrogens is 1. The van der Waals surface area contributed by atoms with Crippen molar-refractivity contribution in [1.29, 1.82) is 0 Å². The molecule has 3 N–H and O–H groups in total. The fourth-order valence-electron chi connectivity index (χ4n) is 2.29. The van der Waals surface area contributed by atoms with Gasteiger partial charge in [0.05, 0.1) is 12.0 Å². The highest BCUT2D eigenvalue weighted by atomic mass is 32.1. The number of amides is 2. The highest BCUT2D eigenvalue weighted by molar-refractivity contribution is 7.09. The molecule has 0 spiro atoms. The van der Waals surface area contributed by atoms with Crippen molar-refractivity contribution < 1.29 is 19.1 Å². The third kappa shape index (κ3) is 4.25. The Hall–Kier alpha value is -3.20. The Morgan fingerprint density at radius 3 is 2.73 bits per heavy atom. The van der Waals surface area contributed by atoms with Crippen molar-refractivity contribution in [3.8, 4) is 0 Å². The van der Waals surface area contributed by atoms with Gasteiger partial charge in [0.2, 0.25) is 5.91 Å². The van der Waals surface area contributed by atoms with Gasteiger partial charge in [-0.1, -0.05) is 18.2 Å². The van der Waals surface area contributed by atoms with E-state index >= 15 is 0 Å². The third-order valence-electron chi connectivity index (χ3n) is 3.46. The number of para-hydroxylation sites is 1. The molecule has 2 amide bonds. The lowest BCUT2D eigenvalue weighted by atomic mass is 10.2. The number of carbonyl (C=O) groups is 3. The number of esters is 1. The fourth-order valence-corrected chi connectivity index (χ4v) is 3.06. The van der Waals surface area contributed by atoms with E-state index in [0.717, 1.165) is 11.2 Å². The van der Waals surface area contributed by atoms with Crippen LogP contribution in [0.1, 0.15) is 21.1 Å². The number of thiazole rings is 1.